The van der Waals surface area contributed by atoms with Crippen molar-refractivity contribution >= 4 is 5.97 Å². The van der Waals surface area contributed by atoms with Gasteiger partial charge < -0.3 is 9.84 Å². The smallest absolute Gasteiger partial charge is 0.342 e. The zero-order valence-electron chi connectivity index (χ0n) is 10.7. The molecule has 0 aliphatic rings. The van der Waals surface area contributed by atoms with E-state index in [2.05, 4.69) is 4.98 Å². The Labute approximate surface area is 102 Å². The first-order chi connectivity index (χ1) is 7.82. The lowest BCUT2D eigenvalue weighted by Gasteiger charge is -2.34. The molecule has 4 nitrogen and oxygen atoms in total. The molecule has 0 amide bonds. The van der Waals surface area contributed by atoms with Gasteiger partial charge in [-0.05, 0) is 39.3 Å². The van der Waals surface area contributed by atoms with Crippen LogP contribution < -0.4 is 0 Å². The van der Waals surface area contributed by atoms with Crippen molar-refractivity contribution in [3.05, 3.63) is 30.1 Å². The summed E-state index contributed by atoms with van der Waals surface area (Å²) in [5.41, 5.74) is -1.51. The lowest BCUT2D eigenvalue weighted by atomic mass is 9.98. The monoisotopic (exact) mass is 237 g/mol. The second-order valence-corrected chi connectivity index (χ2v) is 4.77. The van der Waals surface area contributed by atoms with E-state index in [0.717, 1.165) is 6.42 Å². The van der Waals surface area contributed by atoms with E-state index in [1.165, 1.54) is 6.92 Å². The number of ether oxygens (including phenoxy) is 1. The third-order valence-electron chi connectivity index (χ3n) is 2.89. The van der Waals surface area contributed by atoms with Crippen LogP contribution in [-0.4, -0.2) is 21.7 Å². The number of hydrogen-bond acceptors (Lipinski definition) is 3. The molecule has 0 fully saturated rings. The molecule has 0 aliphatic heterocycles. The molecule has 94 valence electrons. The van der Waals surface area contributed by atoms with Crippen molar-refractivity contribution in [1.29, 1.82) is 0 Å². The molecule has 1 atom stereocenters. The van der Waals surface area contributed by atoms with Gasteiger partial charge in [-0.1, -0.05) is 13.0 Å². The van der Waals surface area contributed by atoms with Gasteiger partial charge in [-0.25, -0.2) is 4.79 Å². The molecule has 0 bridgehead atoms. The molecule has 0 saturated heterocycles. The number of carbonyl (C=O) groups is 1. The van der Waals surface area contributed by atoms with Crippen LogP contribution >= 0.6 is 0 Å². The van der Waals surface area contributed by atoms with Crippen LogP contribution in [0.3, 0.4) is 0 Å². The highest BCUT2D eigenvalue weighted by Gasteiger charge is 2.42. The minimum atomic E-state index is -1.42. The molecule has 0 aromatic carbocycles. The van der Waals surface area contributed by atoms with E-state index in [1.54, 1.807) is 24.4 Å². The maximum absolute atomic E-state index is 11.5. The number of aromatic nitrogens is 1. The highest BCUT2D eigenvalue weighted by molar-refractivity contribution is 5.78. The summed E-state index contributed by atoms with van der Waals surface area (Å²) in [4.78, 5) is 15.5. The Morgan fingerprint density at radius 3 is 2.47 bits per heavy atom. The van der Waals surface area contributed by atoms with Crippen molar-refractivity contribution in [3.8, 4) is 0 Å². The second-order valence-electron chi connectivity index (χ2n) is 4.77. The molecule has 1 heterocycles. The number of rotatable bonds is 5. The number of pyridine rings is 1. The number of aliphatic carboxylic acids is 1. The molecule has 0 saturated carbocycles. The Hall–Kier alpha value is -1.42. The maximum Gasteiger partial charge on any atom is 0.342 e. The number of hydrogen-bond donors (Lipinski definition) is 1. The Kier molecular flexibility index (Phi) is 3.88. The van der Waals surface area contributed by atoms with Gasteiger partial charge in [0.15, 0.2) is 0 Å². The Bertz CT molecular complexity index is 389. The molecule has 1 N–H and O–H groups in total. The number of carboxylic acid groups (broad SMARTS) is 1. The molecular weight excluding hydrogens is 218 g/mol. The molecule has 1 aromatic heterocycles. The third-order valence-corrected chi connectivity index (χ3v) is 2.89. The second kappa shape index (κ2) is 4.84. The van der Waals surface area contributed by atoms with Gasteiger partial charge in [0.25, 0.3) is 0 Å². The lowest BCUT2D eigenvalue weighted by Crippen LogP contribution is -2.43. The quantitative estimate of drug-likeness (QED) is 0.855. The van der Waals surface area contributed by atoms with Crippen LogP contribution in [0.25, 0.3) is 0 Å². The van der Waals surface area contributed by atoms with Gasteiger partial charge in [-0.2, -0.15) is 0 Å². The third kappa shape index (κ3) is 3.03. The van der Waals surface area contributed by atoms with Gasteiger partial charge >= 0.3 is 5.97 Å². The fourth-order valence-electron chi connectivity index (χ4n) is 1.48. The summed E-state index contributed by atoms with van der Waals surface area (Å²) in [7, 11) is 0. The van der Waals surface area contributed by atoms with Crippen LogP contribution in [0, 0.1) is 0 Å². The maximum atomic E-state index is 11.5. The molecule has 17 heavy (non-hydrogen) atoms. The molecule has 1 aromatic rings. The number of nitrogens with zero attached hydrogens (tertiary/aromatic N) is 1. The van der Waals surface area contributed by atoms with E-state index < -0.39 is 17.2 Å². The lowest BCUT2D eigenvalue weighted by molar-refractivity contribution is -0.187. The van der Waals surface area contributed by atoms with Crippen LogP contribution in [-0.2, 0) is 15.1 Å². The SMILES string of the molecule is CCC(C)(C)OC(C)(C(=O)O)c1ccccn1. The van der Waals surface area contributed by atoms with Gasteiger partial charge in [0, 0.05) is 6.20 Å². The van der Waals surface area contributed by atoms with Gasteiger partial charge in [0.1, 0.15) is 0 Å². The van der Waals surface area contributed by atoms with Crippen molar-refractivity contribution in [2.24, 2.45) is 0 Å². The molecular formula is C13H19NO3. The summed E-state index contributed by atoms with van der Waals surface area (Å²) in [5, 5.41) is 9.38. The summed E-state index contributed by atoms with van der Waals surface area (Å²) >= 11 is 0. The first-order valence-electron chi connectivity index (χ1n) is 5.67. The van der Waals surface area contributed by atoms with Crippen LogP contribution in [0.5, 0.6) is 0 Å². The minimum absolute atomic E-state index is 0.411. The average molecular weight is 237 g/mol. The van der Waals surface area contributed by atoms with Gasteiger partial charge in [-0.3, -0.25) is 4.98 Å². The van der Waals surface area contributed by atoms with Gasteiger partial charge in [0.2, 0.25) is 5.60 Å². The normalized spacial score (nSPS) is 15.3. The minimum Gasteiger partial charge on any atom is -0.479 e. The van der Waals surface area contributed by atoms with E-state index in [1.807, 2.05) is 20.8 Å². The fraction of sp³-hybridized carbons (Fsp3) is 0.538. The Morgan fingerprint density at radius 1 is 1.41 bits per heavy atom. The van der Waals surface area contributed by atoms with E-state index in [0.29, 0.717) is 5.69 Å². The fourth-order valence-corrected chi connectivity index (χ4v) is 1.48. The van der Waals surface area contributed by atoms with Crippen LogP contribution in [0.4, 0.5) is 0 Å². The van der Waals surface area contributed by atoms with Crippen LogP contribution in [0.1, 0.15) is 39.8 Å². The molecule has 1 rings (SSSR count). The topological polar surface area (TPSA) is 59.4 Å². The molecule has 0 spiro atoms. The van der Waals surface area contributed by atoms with Crippen molar-refractivity contribution in [2.75, 3.05) is 0 Å². The van der Waals surface area contributed by atoms with Gasteiger partial charge in [-0.15, -0.1) is 0 Å². The van der Waals surface area contributed by atoms with Crippen LogP contribution in [0.15, 0.2) is 24.4 Å². The summed E-state index contributed by atoms with van der Waals surface area (Å²) < 4.78 is 5.76. The van der Waals surface area contributed by atoms with E-state index in [-0.39, 0.29) is 0 Å². The van der Waals surface area contributed by atoms with E-state index >= 15 is 0 Å². The summed E-state index contributed by atoms with van der Waals surface area (Å²) in [6, 6.07) is 5.17. The highest BCUT2D eigenvalue weighted by atomic mass is 16.5. The first kappa shape index (κ1) is 13.6. The largest absolute Gasteiger partial charge is 0.479 e. The van der Waals surface area contributed by atoms with Crippen LogP contribution in [0.2, 0.25) is 0 Å². The van der Waals surface area contributed by atoms with Gasteiger partial charge in [0.05, 0.1) is 11.3 Å². The molecule has 4 heteroatoms. The molecule has 0 radical (unpaired) electrons. The number of carboxylic acids is 1. The molecule has 1 unspecified atom stereocenters. The standard InChI is InChI=1S/C13H19NO3/c1-5-12(2,3)17-13(4,11(15)16)10-8-6-7-9-14-10/h6-9H,5H2,1-4H3,(H,15,16). The van der Waals surface area contributed by atoms with Crippen molar-refractivity contribution in [2.45, 2.75) is 45.3 Å². The predicted molar refractivity (Wildman–Crippen MR) is 64.7 cm³/mol. The predicted octanol–water partition coefficient (Wildman–Crippen LogP) is 2.59. The first-order valence-corrected chi connectivity index (χ1v) is 5.67. The highest BCUT2D eigenvalue weighted by Crippen LogP contribution is 2.31. The van der Waals surface area contributed by atoms with Crippen molar-refractivity contribution in [1.82, 2.24) is 4.98 Å². The zero-order chi connectivity index (χ0) is 13.1. The van der Waals surface area contributed by atoms with E-state index in [9.17, 15) is 9.90 Å². The zero-order valence-corrected chi connectivity index (χ0v) is 10.7. The Morgan fingerprint density at radius 2 is 2.06 bits per heavy atom. The average Bonchev–Trinajstić information content (AvgIpc) is 2.29. The Balaban J connectivity index is 3.12. The van der Waals surface area contributed by atoms with Crippen molar-refractivity contribution in [3.63, 3.8) is 0 Å². The summed E-state index contributed by atoms with van der Waals surface area (Å²) in [6.45, 7) is 7.24. The van der Waals surface area contributed by atoms with Crippen molar-refractivity contribution < 1.29 is 14.6 Å². The summed E-state index contributed by atoms with van der Waals surface area (Å²) in [6.07, 6.45) is 2.29. The van der Waals surface area contributed by atoms with E-state index in [4.69, 9.17) is 4.74 Å². The molecule has 0 aliphatic carbocycles. The summed E-state index contributed by atoms with van der Waals surface area (Å²) in [5.74, 6) is -1.03.